The van der Waals surface area contributed by atoms with Crippen LogP contribution in [0, 0.1) is 21.7 Å². The Balaban J connectivity index is 0.000000182. The number of non-ortho nitro benzene ring substituents is 1. The number of nitro benzene ring substituents is 1. The number of anilines is 1. The first-order chi connectivity index (χ1) is 15.4. The highest BCUT2D eigenvalue weighted by molar-refractivity contribution is 5.41. The van der Waals surface area contributed by atoms with E-state index in [0.717, 1.165) is 57.2 Å². The number of nitrogen functional groups attached to an aromatic ring is 1. The van der Waals surface area contributed by atoms with E-state index in [-0.39, 0.29) is 11.5 Å². The second kappa shape index (κ2) is 11.9. The van der Waals surface area contributed by atoms with Crippen molar-refractivity contribution in [3.63, 3.8) is 0 Å². The fourth-order valence-corrected chi connectivity index (χ4v) is 4.35. The summed E-state index contributed by atoms with van der Waals surface area (Å²) < 4.78 is 26.3. The fourth-order valence-electron chi connectivity index (χ4n) is 4.35. The Kier molecular flexibility index (Phi) is 8.93. The van der Waals surface area contributed by atoms with Gasteiger partial charge in [-0.25, -0.2) is 8.78 Å². The number of hydrogen-bond donors (Lipinski definition) is 1. The van der Waals surface area contributed by atoms with Crippen LogP contribution in [0.15, 0.2) is 36.4 Å². The Hall–Kier alpha value is -2.58. The van der Waals surface area contributed by atoms with Crippen molar-refractivity contribution >= 4 is 11.4 Å². The van der Waals surface area contributed by atoms with Gasteiger partial charge in [-0.2, -0.15) is 0 Å². The molecule has 0 aliphatic carbocycles. The minimum absolute atomic E-state index is 0.169. The lowest BCUT2D eigenvalue weighted by Crippen LogP contribution is -2.29. The number of nitrogens with two attached hydrogens (primary N) is 1. The zero-order valence-corrected chi connectivity index (χ0v) is 18.4. The van der Waals surface area contributed by atoms with E-state index in [1.54, 1.807) is 6.07 Å². The average molecular weight is 447 g/mol. The number of nitro groups is 1. The standard InChI is InChI=1S/C12H15FN2O2.C12H17FN2/c13-11-6-10(7-12(8-11)15(16)17)9-14-4-2-1-3-5-14;13-11-6-10(7-12(14)8-11)9-15-4-2-1-3-5-15/h6-8H,1-5,9H2;6-8H,1-5,9,14H2. The van der Waals surface area contributed by atoms with E-state index in [1.807, 2.05) is 6.07 Å². The molecule has 2 aromatic rings. The van der Waals surface area contributed by atoms with Gasteiger partial charge in [0.1, 0.15) is 11.6 Å². The average Bonchev–Trinajstić information content (AvgIpc) is 2.74. The third kappa shape index (κ3) is 7.84. The van der Waals surface area contributed by atoms with Crippen LogP contribution in [0.5, 0.6) is 0 Å². The lowest BCUT2D eigenvalue weighted by atomic mass is 10.1. The summed E-state index contributed by atoms with van der Waals surface area (Å²) in [4.78, 5) is 14.6. The van der Waals surface area contributed by atoms with Crippen LogP contribution < -0.4 is 5.73 Å². The third-order valence-corrected chi connectivity index (χ3v) is 5.84. The van der Waals surface area contributed by atoms with Crippen molar-refractivity contribution < 1.29 is 13.7 Å². The van der Waals surface area contributed by atoms with Crippen LogP contribution in [-0.2, 0) is 13.1 Å². The van der Waals surface area contributed by atoms with Crippen molar-refractivity contribution in [1.82, 2.24) is 9.80 Å². The molecule has 2 N–H and O–H groups in total. The number of nitrogens with zero attached hydrogens (tertiary/aromatic N) is 3. The molecule has 2 saturated heterocycles. The summed E-state index contributed by atoms with van der Waals surface area (Å²) in [6.07, 6.45) is 7.37. The molecular formula is C24H32F2N4O2. The fraction of sp³-hybridized carbons (Fsp3) is 0.500. The first-order valence-corrected chi connectivity index (χ1v) is 11.3. The highest BCUT2D eigenvalue weighted by Gasteiger charge is 2.14. The Morgan fingerprint density at radius 3 is 1.69 bits per heavy atom. The quantitative estimate of drug-likeness (QED) is 0.392. The summed E-state index contributed by atoms with van der Waals surface area (Å²) in [7, 11) is 0. The van der Waals surface area contributed by atoms with Gasteiger partial charge in [-0.15, -0.1) is 0 Å². The van der Waals surface area contributed by atoms with E-state index in [9.17, 15) is 18.9 Å². The van der Waals surface area contributed by atoms with Gasteiger partial charge in [0, 0.05) is 24.8 Å². The minimum Gasteiger partial charge on any atom is -0.399 e. The van der Waals surface area contributed by atoms with Gasteiger partial charge in [0.25, 0.3) is 5.69 Å². The van der Waals surface area contributed by atoms with Crippen molar-refractivity contribution in [2.45, 2.75) is 51.6 Å². The van der Waals surface area contributed by atoms with Crippen molar-refractivity contribution in [1.29, 1.82) is 0 Å². The van der Waals surface area contributed by atoms with E-state index >= 15 is 0 Å². The molecule has 2 aliphatic rings. The van der Waals surface area contributed by atoms with Gasteiger partial charge in [0.15, 0.2) is 0 Å². The van der Waals surface area contributed by atoms with Crippen LogP contribution in [-0.4, -0.2) is 40.9 Å². The van der Waals surface area contributed by atoms with Crippen LogP contribution in [0.1, 0.15) is 49.7 Å². The second-order valence-electron chi connectivity index (χ2n) is 8.64. The van der Waals surface area contributed by atoms with Gasteiger partial charge in [0.2, 0.25) is 0 Å². The van der Waals surface area contributed by atoms with Gasteiger partial charge in [-0.3, -0.25) is 19.9 Å². The monoisotopic (exact) mass is 446 g/mol. The summed E-state index contributed by atoms with van der Waals surface area (Å²) in [5, 5.41) is 10.6. The zero-order chi connectivity index (χ0) is 22.9. The molecule has 174 valence electrons. The van der Waals surface area contributed by atoms with E-state index in [0.29, 0.717) is 17.8 Å². The third-order valence-electron chi connectivity index (χ3n) is 5.84. The predicted molar refractivity (Wildman–Crippen MR) is 122 cm³/mol. The van der Waals surface area contributed by atoms with Crippen LogP contribution in [0.4, 0.5) is 20.2 Å². The highest BCUT2D eigenvalue weighted by Crippen LogP contribution is 2.19. The molecule has 0 bridgehead atoms. The molecule has 2 aliphatic heterocycles. The summed E-state index contributed by atoms with van der Waals surface area (Å²) in [6.45, 7) is 5.64. The summed E-state index contributed by atoms with van der Waals surface area (Å²) in [5.41, 5.74) is 7.61. The first kappa shape index (κ1) is 24.1. The minimum atomic E-state index is -0.553. The topological polar surface area (TPSA) is 75.6 Å². The van der Waals surface area contributed by atoms with E-state index < -0.39 is 10.7 Å². The van der Waals surface area contributed by atoms with Crippen molar-refractivity contribution in [3.05, 3.63) is 69.3 Å². The summed E-state index contributed by atoms with van der Waals surface area (Å²) in [6, 6.07) is 8.58. The molecule has 0 unspecified atom stereocenters. The Bertz CT molecular complexity index is 877. The van der Waals surface area contributed by atoms with E-state index in [4.69, 9.17) is 5.73 Å². The van der Waals surface area contributed by atoms with Gasteiger partial charge in [-0.1, -0.05) is 12.8 Å². The molecular weight excluding hydrogens is 414 g/mol. The molecule has 8 heteroatoms. The van der Waals surface area contributed by atoms with Crippen molar-refractivity contribution in [3.8, 4) is 0 Å². The van der Waals surface area contributed by atoms with Crippen LogP contribution in [0.2, 0.25) is 0 Å². The lowest BCUT2D eigenvalue weighted by molar-refractivity contribution is -0.385. The summed E-state index contributed by atoms with van der Waals surface area (Å²) >= 11 is 0. The molecule has 0 saturated carbocycles. The lowest BCUT2D eigenvalue weighted by Gasteiger charge is -2.26. The number of benzene rings is 2. The maximum Gasteiger partial charge on any atom is 0.272 e. The Morgan fingerprint density at radius 1 is 0.750 bits per heavy atom. The van der Waals surface area contributed by atoms with Gasteiger partial charge in [-0.05, 0) is 87.3 Å². The molecule has 0 radical (unpaired) electrons. The predicted octanol–water partition coefficient (Wildman–Crippen LogP) is 5.11. The van der Waals surface area contributed by atoms with Gasteiger partial charge < -0.3 is 5.73 Å². The maximum absolute atomic E-state index is 13.2. The number of hydrogen-bond acceptors (Lipinski definition) is 5. The molecule has 0 spiro atoms. The Morgan fingerprint density at radius 2 is 1.22 bits per heavy atom. The molecule has 6 nitrogen and oxygen atoms in total. The van der Waals surface area contributed by atoms with Crippen LogP contribution in [0.25, 0.3) is 0 Å². The molecule has 0 atom stereocenters. The molecule has 2 fully saturated rings. The van der Waals surface area contributed by atoms with E-state index in [2.05, 4.69) is 9.80 Å². The first-order valence-electron chi connectivity index (χ1n) is 11.3. The highest BCUT2D eigenvalue weighted by atomic mass is 19.1. The number of likely N-dealkylation sites (tertiary alicyclic amines) is 2. The Labute approximate surface area is 188 Å². The van der Waals surface area contributed by atoms with Crippen molar-refractivity contribution in [2.75, 3.05) is 31.9 Å². The molecule has 2 heterocycles. The number of piperidine rings is 2. The van der Waals surface area contributed by atoms with Crippen molar-refractivity contribution in [2.24, 2.45) is 0 Å². The van der Waals surface area contributed by atoms with Crippen LogP contribution in [0.3, 0.4) is 0 Å². The number of halogens is 2. The largest absolute Gasteiger partial charge is 0.399 e. The van der Waals surface area contributed by atoms with Gasteiger partial charge in [0.05, 0.1) is 11.0 Å². The SMILES string of the molecule is Nc1cc(F)cc(CN2CCCCC2)c1.O=[N+]([O-])c1cc(F)cc(CN2CCCCC2)c1. The second-order valence-corrected chi connectivity index (χ2v) is 8.64. The molecule has 0 aromatic heterocycles. The zero-order valence-electron chi connectivity index (χ0n) is 18.4. The molecule has 4 rings (SSSR count). The maximum atomic E-state index is 13.2. The van der Waals surface area contributed by atoms with Gasteiger partial charge >= 0.3 is 0 Å². The number of rotatable bonds is 5. The van der Waals surface area contributed by atoms with E-state index in [1.165, 1.54) is 43.9 Å². The van der Waals surface area contributed by atoms with Crippen LogP contribution >= 0.6 is 0 Å². The molecule has 0 amide bonds. The molecule has 2 aromatic carbocycles. The summed E-state index contributed by atoms with van der Waals surface area (Å²) in [5.74, 6) is -0.770. The smallest absolute Gasteiger partial charge is 0.272 e. The molecule has 32 heavy (non-hydrogen) atoms. The normalized spacial score (nSPS) is 17.4.